The number of nitrogens with one attached hydrogen (secondary N) is 2. The Hall–Kier alpha value is -2.47. The summed E-state index contributed by atoms with van der Waals surface area (Å²) in [7, 11) is 0. The lowest BCUT2D eigenvalue weighted by atomic mass is 10.0. The van der Waals surface area contributed by atoms with Crippen LogP contribution < -0.4 is 15.4 Å². The van der Waals surface area contributed by atoms with Gasteiger partial charge in [0.2, 0.25) is 5.91 Å². The Morgan fingerprint density at radius 1 is 1.40 bits per heavy atom. The van der Waals surface area contributed by atoms with E-state index in [1.807, 2.05) is 0 Å². The topological polar surface area (TPSA) is 63.2 Å². The second kappa shape index (κ2) is 8.58. The summed E-state index contributed by atoms with van der Waals surface area (Å²) in [5.41, 5.74) is 0.701. The van der Waals surface area contributed by atoms with E-state index in [-0.39, 0.29) is 11.7 Å². The van der Waals surface area contributed by atoms with E-state index in [2.05, 4.69) is 15.6 Å². The molecule has 3 rings (SSSR count). The smallest absolute Gasteiger partial charge is 0.220 e. The van der Waals surface area contributed by atoms with Gasteiger partial charge in [0.15, 0.2) is 11.6 Å². The van der Waals surface area contributed by atoms with Gasteiger partial charge in [0.25, 0.3) is 0 Å². The normalized spacial score (nSPS) is 16.6. The molecule has 0 radical (unpaired) electrons. The number of ether oxygens (including phenoxy) is 1. The van der Waals surface area contributed by atoms with Gasteiger partial charge in [-0.05, 0) is 61.7 Å². The Labute approximate surface area is 146 Å². The van der Waals surface area contributed by atoms with Gasteiger partial charge in [-0.1, -0.05) is 6.07 Å². The Morgan fingerprint density at radius 3 is 3.04 bits per heavy atom. The van der Waals surface area contributed by atoms with Gasteiger partial charge in [0, 0.05) is 19.2 Å². The SMILES string of the molecule is O=C(CCC1CCNC1)NCc1ccc(Oc2cccnc2)c(F)c1. The number of amides is 1. The minimum absolute atomic E-state index is 0.00277. The van der Waals surface area contributed by atoms with Crippen LogP contribution in [0.5, 0.6) is 11.5 Å². The van der Waals surface area contributed by atoms with Crippen molar-refractivity contribution in [2.75, 3.05) is 13.1 Å². The Kier molecular flexibility index (Phi) is 5.95. The molecule has 1 saturated heterocycles. The number of carbonyl (C=O) groups excluding carboxylic acids is 1. The van der Waals surface area contributed by atoms with Gasteiger partial charge in [-0.25, -0.2) is 4.39 Å². The third-order valence-corrected chi connectivity index (χ3v) is 4.29. The minimum Gasteiger partial charge on any atom is -0.453 e. The monoisotopic (exact) mass is 343 g/mol. The molecule has 1 aliphatic rings. The lowest BCUT2D eigenvalue weighted by Crippen LogP contribution is -2.23. The number of rotatable bonds is 7. The molecule has 0 saturated carbocycles. The number of hydrogen-bond donors (Lipinski definition) is 2. The number of aromatic nitrogens is 1. The zero-order valence-corrected chi connectivity index (χ0v) is 14.0. The third-order valence-electron chi connectivity index (χ3n) is 4.29. The van der Waals surface area contributed by atoms with Crippen molar-refractivity contribution in [2.45, 2.75) is 25.8 Å². The van der Waals surface area contributed by atoms with Crippen molar-refractivity contribution in [2.24, 2.45) is 5.92 Å². The van der Waals surface area contributed by atoms with Gasteiger partial charge in [-0.3, -0.25) is 9.78 Å². The molecule has 0 spiro atoms. The maximum atomic E-state index is 14.1. The van der Waals surface area contributed by atoms with Gasteiger partial charge in [0.1, 0.15) is 5.75 Å². The third kappa shape index (κ3) is 5.26. The van der Waals surface area contributed by atoms with Crippen LogP contribution in [0.1, 0.15) is 24.8 Å². The number of nitrogens with zero attached hydrogens (tertiary/aromatic N) is 1. The lowest BCUT2D eigenvalue weighted by molar-refractivity contribution is -0.121. The highest BCUT2D eigenvalue weighted by Crippen LogP contribution is 2.24. The summed E-state index contributed by atoms with van der Waals surface area (Å²) >= 11 is 0. The molecule has 2 aromatic rings. The van der Waals surface area contributed by atoms with E-state index in [0.29, 0.717) is 30.2 Å². The highest BCUT2D eigenvalue weighted by atomic mass is 19.1. The summed E-state index contributed by atoms with van der Waals surface area (Å²) in [4.78, 5) is 15.8. The van der Waals surface area contributed by atoms with E-state index in [4.69, 9.17) is 4.74 Å². The summed E-state index contributed by atoms with van der Waals surface area (Å²) in [6, 6.07) is 8.12. The summed E-state index contributed by atoms with van der Waals surface area (Å²) in [5, 5.41) is 6.14. The van der Waals surface area contributed by atoms with Crippen LogP contribution in [0.2, 0.25) is 0 Å². The molecule has 5 nitrogen and oxygen atoms in total. The van der Waals surface area contributed by atoms with Crippen LogP contribution in [0.25, 0.3) is 0 Å². The number of carbonyl (C=O) groups is 1. The maximum absolute atomic E-state index is 14.1. The second-order valence-corrected chi connectivity index (χ2v) is 6.23. The molecule has 0 bridgehead atoms. The summed E-state index contributed by atoms with van der Waals surface area (Å²) in [6.45, 7) is 2.35. The quantitative estimate of drug-likeness (QED) is 0.811. The average molecular weight is 343 g/mol. The highest BCUT2D eigenvalue weighted by Gasteiger charge is 2.15. The molecule has 1 aromatic carbocycles. The van der Waals surface area contributed by atoms with Crippen LogP contribution >= 0.6 is 0 Å². The first-order chi connectivity index (χ1) is 12.2. The first kappa shape index (κ1) is 17.4. The first-order valence-electron chi connectivity index (χ1n) is 8.54. The largest absolute Gasteiger partial charge is 0.453 e. The first-order valence-corrected chi connectivity index (χ1v) is 8.54. The Balaban J connectivity index is 1.48. The summed E-state index contributed by atoms with van der Waals surface area (Å²) in [5.74, 6) is 0.739. The molecule has 2 N–H and O–H groups in total. The molecule has 25 heavy (non-hydrogen) atoms. The fraction of sp³-hybridized carbons (Fsp3) is 0.368. The fourth-order valence-corrected chi connectivity index (χ4v) is 2.86. The minimum atomic E-state index is -0.465. The molecule has 1 aliphatic heterocycles. The summed E-state index contributed by atoms with van der Waals surface area (Å²) < 4.78 is 19.6. The predicted molar refractivity (Wildman–Crippen MR) is 92.8 cm³/mol. The van der Waals surface area contributed by atoms with Gasteiger partial charge in [0.05, 0.1) is 6.20 Å². The zero-order chi connectivity index (χ0) is 17.5. The van der Waals surface area contributed by atoms with Crippen LogP contribution in [0.15, 0.2) is 42.7 Å². The lowest BCUT2D eigenvalue weighted by Gasteiger charge is -2.10. The molecule has 1 aromatic heterocycles. The standard InChI is InChI=1S/C19H22FN3O2/c20-17-10-15(3-5-18(17)25-16-2-1-8-21-13-16)12-23-19(24)6-4-14-7-9-22-11-14/h1-3,5,8,10,13-14,22H,4,6-7,9,11-12H2,(H,23,24). The molecular formula is C19H22FN3O2. The van der Waals surface area contributed by atoms with Crippen molar-refractivity contribution in [3.63, 3.8) is 0 Å². The van der Waals surface area contributed by atoms with E-state index in [1.54, 1.807) is 30.5 Å². The van der Waals surface area contributed by atoms with Crippen LogP contribution in [-0.2, 0) is 11.3 Å². The average Bonchev–Trinajstić information content (AvgIpc) is 3.15. The Morgan fingerprint density at radius 2 is 2.32 bits per heavy atom. The highest BCUT2D eigenvalue weighted by molar-refractivity contribution is 5.75. The number of hydrogen-bond acceptors (Lipinski definition) is 4. The van der Waals surface area contributed by atoms with Crippen molar-refractivity contribution in [1.29, 1.82) is 0 Å². The van der Waals surface area contributed by atoms with Gasteiger partial charge in [-0.15, -0.1) is 0 Å². The molecule has 0 aliphatic carbocycles. The van der Waals surface area contributed by atoms with E-state index in [9.17, 15) is 9.18 Å². The molecule has 6 heteroatoms. The van der Waals surface area contributed by atoms with Crippen molar-refractivity contribution in [3.8, 4) is 11.5 Å². The molecule has 2 heterocycles. The molecule has 1 atom stereocenters. The number of halogens is 1. The van der Waals surface area contributed by atoms with Crippen LogP contribution in [0.4, 0.5) is 4.39 Å². The van der Waals surface area contributed by atoms with Crippen molar-refractivity contribution in [1.82, 2.24) is 15.6 Å². The van der Waals surface area contributed by atoms with Gasteiger partial charge >= 0.3 is 0 Å². The fourth-order valence-electron chi connectivity index (χ4n) is 2.86. The molecule has 132 valence electrons. The maximum Gasteiger partial charge on any atom is 0.220 e. The summed E-state index contributed by atoms with van der Waals surface area (Å²) in [6.07, 6.45) is 5.69. The van der Waals surface area contributed by atoms with E-state index in [0.717, 1.165) is 25.9 Å². The van der Waals surface area contributed by atoms with Crippen LogP contribution in [-0.4, -0.2) is 24.0 Å². The number of benzene rings is 1. The van der Waals surface area contributed by atoms with E-state index in [1.165, 1.54) is 12.3 Å². The van der Waals surface area contributed by atoms with Crippen LogP contribution in [0.3, 0.4) is 0 Å². The zero-order valence-electron chi connectivity index (χ0n) is 14.0. The second-order valence-electron chi connectivity index (χ2n) is 6.23. The van der Waals surface area contributed by atoms with Gasteiger partial charge in [-0.2, -0.15) is 0 Å². The molecule has 1 amide bonds. The van der Waals surface area contributed by atoms with Crippen molar-refractivity contribution < 1.29 is 13.9 Å². The molecule has 1 fully saturated rings. The predicted octanol–water partition coefficient (Wildman–Crippen LogP) is 3.02. The number of pyridine rings is 1. The van der Waals surface area contributed by atoms with Crippen LogP contribution in [0, 0.1) is 11.7 Å². The Bertz CT molecular complexity index is 703. The molecule has 1 unspecified atom stereocenters. The van der Waals surface area contributed by atoms with Crippen molar-refractivity contribution in [3.05, 3.63) is 54.1 Å². The van der Waals surface area contributed by atoms with E-state index < -0.39 is 5.82 Å². The van der Waals surface area contributed by atoms with E-state index >= 15 is 0 Å². The molecular weight excluding hydrogens is 321 g/mol. The van der Waals surface area contributed by atoms with Crippen molar-refractivity contribution >= 4 is 5.91 Å². The van der Waals surface area contributed by atoms with Gasteiger partial charge < -0.3 is 15.4 Å².